The monoisotopic (exact) mass is 622 g/mol. The van der Waals surface area contributed by atoms with Gasteiger partial charge in [0.1, 0.15) is 23.7 Å². The van der Waals surface area contributed by atoms with E-state index in [1.54, 1.807) is 12.1 Å². The Morgan fingerprint density at radius 1 is 1.09 bits per heavy atom. The predicted octanol–water partition coefficient (Wildman–Crippen LogP) is 7.83. The first-order chi connectivity index (χ1) is 21.5. The van der Waals surface area contributed by atoms with Crippen LogP contribution in [0.15, 0.2) is 78.0 Å². The standard InChI is InChI=1S/C33H34F4N6O2/c1-21(2)28-19-25(34)11-16-29(28)43-22(3)6-17-30(43)40-32(44)38-18-4-5-23-7-9-24(10-8-23)31-39-20-42(41-31)26-12-14-27(15-13-26)45-33(35,36)37/h7-16,19-22H,4-6,17-18H2,1-3H3,(H,38,44). The van der Waals surface area contributed by atoms with Gasteiger partial charge in [-0.3, -0.25) is 0 Å². The summed E-state index contributed by atoms with van der Waals surface area (Å²) >= 11 is 0. The fraction of sp³-hybridized carbons (Fsp3) is 0.333. The number of ether oxygens (including phenoxy) is 1. The van der Waals surface area contributed by atoms with Crippen molar-refractivity contribution in [1.82, 2.24) is 20.1 Å². The summed E-state index contributed by atoms with van der Waals surface area (Å²) in [5.41, 5.74) is 4.18. The topological polar surface area (TPSA) is 84.6 Å². The molecular formula is C33H34F4N6O2. The molecule has 45 heavy (non-hydrogen) atoms. The van der Waals surface area contributed by atoms with Crippen molar-refractivity contribution in [3.8, 4) is 22.8 Å². The lowest BCUT2D eigenvalue weighted by Gasteiger charge is -2.28. The van der Waals surface area contributed by atoms with Crippen LogP contribution in [0, 0.1) is 5.82 Å². The number of rotatable bonds is 9. The fourth-order valence-corrected chi connectivity index (χ4v) is 5.32. The van der Waals surface area contributed by atoms with Crippen molar-refractivity contribution >= 4 is 17.6 Å². The molecule has 8 nitrogen and oxygen atoms in total. The molecule has 1 aromatic heterocycles. The number of urea groups is 1. The summed E-state index contributed by atoms with van der Waals surface area (Å²) in [6, 6.07) is 17.6. The normalized spacial score (nSPS) is 16.0. The number of aryl methyl sites for hydroxylation is 1. The number of anilines is 1. The molecule has 5 rings (SSSR count). The molecule has 236 valence electrons. The fourth-order valence-electron chi connectivity index (χ4n) is 5.32. The van der Waals surface area contributed by atoms with Gasteiger partial charge in [-0.2, -0.15) is 4.99 Å². The Balaban J connectivity index is 1.13. The maximum Gasteiger partial charge on any atom is 0.573 e. The second-order valence-corrected chi connectivity index (χ2v) is 11.2. The summed E-state index contributed by atoms with van der Waals surface area (Å²) in [6.07, 6.45) is -0.275. The van der Waals surface area contributed by atoms with Gasteiger partial charge in [0.15, 0.2) is 5.82 Å². The van der Waals surface area contributed by atoms with E-state index in [9.17, 15) is 22.4 Å². The SMILES string of the molecule is CC(C)c1cc(F)ccc1N1C(=NC(=O)NCCCc2ccc(-c3ncn(-c4ccc(OC(F)(F)F)cc4)n3)cc2)CCC1C. The van der Waals surface area contributed by atoms with Gasteiger partial charge in [-0.25, -0.2) is 18.9 Å². The number of alkyl halides is 3. The Morgan fingerprint density at radius 3 is 2.51 bits per heavy atom. The van der Waals surface area contributed by atoms with Gasteiger partial charge in [0, 0.05) is 30.3 Å². The lowest BCUT2D eigenvalue weighted by Crippen LogP contribution is -2.34. The van der Waals surface area contributed by atoms with Gasteiger partial charge >= 0.3 is 12.4 Å². The Hall–Kier alpha value is -4.74. The minimum absolute atomic E-state index is 0.123. The van der Waals surface area contributed by atoms with Crippen LogP contribution in [0.2, 0.25) is 0 Å². The number of amidine groups is 1. The highest BCUT2D eigenvalue weighted by molar-refractivity contribution is 6.06. The molecule has 4 aromatic rings. The van der Waals surface area contributed by atoms with E-state index >= 15 is 0 Å². The van der Waals surface area contributed by atoms with Crippen LogP contribution in [-0.2, 0) is 6.42 Å². The van der Waals surface area contributed by atoms with Crippen molar-refractivity contribution in [2.24, 2.45) is 4.99 Å². The average molecular weight is 623 g/mol. The van der Waals surface area contributed by atoms with Crippen molar-refractivity contribution in [3.63, 3.8) is 0 Å². The highest BCUT2D eigenvalue weighted by atomic mass is 19.4. The summed E-state index contributed by atoms with van der Waals surface area (Å²) in [4.78, 5) is 23.4. The van der Waals surface area contributed by atoms with E-state index in [1.807, 2.05) is 38.1 Å². The molecule has 1 atom stereocenters. The number of aromatic nitrogens is 3. The van der Waals surface area contributed by atoms with Crippen LogP contribution >= 0.6 is 0 Å². The zero-order chi connectivity index (χ0) is 32.1. The number of carbonyl (C=O) groups is 1. The molecule has 0 aliphatic carbocycles. The van der Waals surface area contributed by atoms with Crippen LogP contribution in [0.5, 0.6) is 5.75 Å². The third kappa shape index (κ3) is 8.05. The summed E-state index contributed by atoms with van der Waals surface area (Å²) in [5, 5.41) is 7.31. The van der Waals surface area contributed by atoms with E-state index in [0.717, 1.165) is 35.2 Å². The largest absolute Gasteiger partial charge is 0.573 e. The number of hydrogen-bond donors (Lipinski definition) is 1. The van der Waals surface area contributed by atoms with Crippen molar-refractivity contribution < 1.29 is 27.1 Å². The van der Waals surface area contributed by atoms with E-state index in [4.69, 9.17) is 0 Å². The number of carbonyl (C=O) groups excluding carboxylic acids is 1. The number of amides is 2. The van der Waals surface area contributed by atoms with Gasteiger partial charge in [-0.15, -0.1) is 18.3 Å². The molecule has 0 spiro atoms. The van der Waals surface area contributed by atoms with Gasteiger partial charge in [0.25, 0.3) is 0 Å². The van der Waals surface area contributed by atoms with Gasteiger partial charge in [-0.1, -0.05) is 38.1 Å². The molecule has 1 N–H and O–H groups in total. The van der Waals surface area contributed by atoms with Crippen LogP contribution in [0.4, 0.5) is 28.0 Å². The lowest BCUT2D eigenvalue weighted by atomic mass is 10.00. The zero-order valence-electron chi connectivity index (χ0n) is 25.2. The maximum absolute atomic E-state index is 14.0. The average Bonchev–Trinajstić information content (AvgIpc) is 3.62. The molecule has 0 saturated carbocycles. The minimum atomic E-state index is -4.75. The summed E-state index contributed by atoms with van der Waals surface area (Å²) in [7, 11) is 0. The Kier molecular flexibility index (Phi) is 9.50. The van der Waals surface area contributed by atoms with Crippen molar-refractivity contribution in [2.45, 2.75) is 64.8 Å². The van der Waals surface area contributed by atoms with E-state index < -0.39 is 12.4 Å². The van der Waals surface area contributed by atoms with Crippen LogP contribution in [-0.4, -0.2) is 45.6 Å². The van der Waals surface area contributed by atoms with Crippen LogP contribution in [0.25, 0.3) is 17.1 Å². The molecule has 0 radical (unpaired) electrons. The third-order valence-electron chi connectivity index (χ3n) is 7.56. The second-order valence-electron chi connectivity index (χ2n) is 11.2. The number of hydrogen-bond acceptors (Lipinski definition) is 4. The molecule has 1 saturated heterocycles. The van der Waals surface area contributed by atoms with Crippen LogP contribution < -0.4 is 15.0 Å². The smallest absolute Gasteiger partial charge is 0.406 e. The first kappa shape index (κ1) is 31.7. The van der Waals surface area contributed by atoms with Gasteiger partial charge in [0.2, 0.25) is 0 Å². The van der Waals surface area contributed by atoms with Crippen LogP contribution in [0.1, 0.15) is 57.1 Å². The highest BCUT2D eigenvalue weighted by Gasteiger charge is 2.31. The highest BCUT2D eigenvalue weighted by Crippen LogP contribution is 2.34. The minimum Gasteiger partial charge on any atom is -0.406 e. The molecule has 2 amide bonds. The molecule has 12 heteroatoms. The third-order valence-corrected chi connectivity index (χ3v) is 7.56. The molecule has 1 aliphatic rings. The first-order valence-corrected chi connectivity index (χ1v) is 14.8. The van der Waals surface area contributed by atoms with Gasteiger partial charge in [0.05, 0.1) is 5.69 Å². The molecular weight excluding hydrogens is 588 g/mol. The van der Waals surface area contributed by atoms with E-state index in [-0.39, 0.29) is 23.5 Å². The molecule has 3 aromatic carbocycles. The summed E-state index contributed by atoms with van der Waals surface area (Å²) < 4.78 is 56.5. The molecule has 0 bridgehead atoms. The zero-order valence-corrected chi connectivity index (χ0v) is 25.2. The summed E-state index contributed by atoms with van der Waals surface area (Å²) in [6.45, 7) is 6.58. The summed E-state index contributed by atoms with van der Waals surface area (Å²) in [5.74, 6) is 0.690. The molecule has 1 fully saturated rings. The molecule has 1 unspecified atom stereocenters. The van der Waals surface area contributed by atoms with Crippen molar-refractivity contribution in [2.75, 3.05) is 11.4 Å². The second kappa shape index (κ2) is 13.5. The van der Waals surface area contributed by atoms with Crippen LogP contribution in [0.3, 0.4) is 0 Å². The Morgan fingerprint density at radius 2 is 1.82 bits per heavy atom. The van der Waals surface area contributed by atoms with Gasteiger partial charge in [-0.05, 0) is 85.7 Å². The van der Waals surface area contributed by atoms with E-state index in [0.29, 0.717) is 36.7 Å². The number of aliphatic imine (C=N–C) groups is 1. The molecule has 1 aliphatic heterocycles. The first-order valence-electron chi connectivity index (χ1n) is 14.8. The lowest BCUT2D eigenvalue weighted by molar-refractivity contribution is -0.274. The van der Waals surface area contributed by atoms with Crippen molar-refractivity contribution in [3.05, 3.63) is 90.0 Å². The van der Waals surface area contributed by atoms with E-state index in [1.165, 1.54) is 41.3 Å². The van der Waals surface area contributed by atoms with Crippen molar-refractivity contribution in [1.29, 1.82) is 0 Å². The number of nitrogens with one attached hydrogen (secondary N) is 1. The quantitative estimate of drug-likeness (QED) is 0.152. The molecule has 2 heterocycles. The predicted molar refractivity (Wildman–Crippen MR) is 164 cm³/mol. The number of nitrogens with zero attached hydrogens (tertiary/aromatic N) is 5. The maximum atomic E-state index is 14.0. The van der Waals surface area contributed by atoms with Gasteiger partial charge < -0.3 is 15.0 Å². The Labute approximate surface area is 258 Å². The number of benzene rings is 3. The Bertz CT molecular complexity index is 1650. The number of halogens is 4. The van der Waals surface area contributed by atoms with E-state index in [2.05, 4.69) is 37.0 Å².